The third-order valence-corrected chi connectivity index (χ3v) is 4.18. The number of aryl methyl sites for hydroxylation is 1. The van der Waals surface area contributed by atoms with Crippen molar-refractivity contribution in [1.29, 1.82) is 0 Å². The minimum Gasteiger partial charge on any atom is -0.340 e. The second-order valence-electron chi connectivity index (χ2n) is 6.15. The number of rotatable bonds is 4. The van der Waals surface area contributed by atoms with Gasteiger partial charge in [-0.15, -0.1) is 0 Å². The molecule has 2 N–H and O–H groups in total. The van der Waals surface area contributed by atoms with Gasteiger partial charge in [0.05, 0.1) is 11.7 Å². The first-order valence-electron chi connectivity index (χ1n) is 8.50. The number of nitrogens with one attached hydrogen (secondary N) is 2. The Hall–Kier alpha value is -3.47. The summed E-state index contributed by atoms with van der Waals surface area (Å²) in [6.45, 7) is 4.01. The van der Waals surface area contributed by atoms with Crippen LogP contribution in [-0.2, 0) is 0 Å². The third kappa shape index (κ3) is 3.19. The van der Waals surface area contributed by atoms with Gasteiger partial charge < -0.3 is 5.32 Å². The average Bonchev–Trinajstić information content (AvgIpc) is 3.12. The predicted molar refractivity (Wildman–Crippen MR) is 106 cm³/mol. The summed E-state index contributed by atoms with van der Waals surface area (Å²) >= 11 is 0. The topological polar surface area (TPSA) is 66.5 Å². The van der Waals surface area contributed by atoms with E-state index in [1.54, 1.807) is 0 Å². The molecule has 0 spiro atoms. The standard InChI is InChI=1S/C21H19N5/c1-3-5-15-6-4-7-16(10-15)21-22-12-14(2)20(25-21)24-18-8-9-19-17(11-18)13-23-26-19/h3-13H,1-2H3,(H,23,26)(H,22,24,25)/b5-3+. The number of nitrogens with zero attached hydrogens (tertiary/aromatic N) is 3. The van der Waals surface area contributed by atoms with Gasteiger partial charge in [0, 0.05) is 28.4 Å². The van der Waals surface area contributed by atoms with Crippen LogP contribution in [0.4, 0.5) is 11.5 Å². The number of H-pyrrole nitrogens is 1. The Morgan fingerprint density at radius 1 is 1.08 bits per heavy atom. The average molecular weight is 341 g/mol. The molecule has 0 saturated heterocycles. The van der Waals surface area contributed by atoms with Gasteiger partial charge in [-0.25, -0.2) is 9.97 Å². The zero-order valence-corrected chi connectivity index (χ0v) is 14.7. The molecule has 4 rings (SSSR count). The Morgan fingerprint density at radius 3 is 2.88 bits per heavy atom. The first kappa shape index (κ1) is 16.0. The molecule has 0 saturated carbocycles. The van der Waals surface area contributed by atoms with E-state index in [0.717, 1.165) is 39.1 Å². The minimum absolute atomic E-state index is 0.703. The third-order valence-electron chi connectivity index (χ3n) is 4.18. The van der Waals surface area contributed by atoms with Gasteiger partial charge in [-0.2, -0.15) is 5.10 Å². The molecule has 0 fully saturated rings. The van der Waals surface area contributed by atoms with Crippen molar-refractivity contribution in [2.24, 2.45) is 0 Å². The lowest BCUT2D eigenvalue weighted by Gasteiger charge is -2.10. The predicted octanol–water partition coefficient (Wildman–Crippen LogP) is 5.11. The van der Waals surface area contributed by atoms with Crippen molar-refractivity contribution in [3.05, 3.63) is 72.1 Å². The van der Waals surface area contributed by atoms with Crippen LogP contribution in [0.15, 0.2) is 60.9 Å². The van der Waals surface area contributed by atoms with Crippen LogP contribution in [0.3, 0.4) is 0 Å². The highest BCUT2D eigenvalue weighted by Crippen LogP contribution is 2.24. The lowest BCUT2D eigenvalue weighted by atomic mass is 10.1. The van der Waals surface area contributed by atoms with Gasteiger partial charge in [0.1, 0.15) is 5.82 Å². The summed E-state index contributed by atoms with van der Waals surface area (Å²) in [7, 11) is 0. The molecule has 2 heterocycles. The van der Waals surface area contributed by atoms with Gasteiger partial charge in [-0.1, -0.05) is 30.4 Å². The van der Waals surface area contributed by atoms with Crippen molar-refractivity contribution in [3.8, 4) is 11.4 Å². The van der Waals surface area contributed by atoms with E-state index in [1.807, 2.05) is 62.6 Å². The SMILES string of the molecule is C/C=C/c1cccc(-c2ncc(C)c(Nc3ccc4[nH]ncc4c3)n2)c1. The van der Waals surface area contributed by atoms with Crippen LogP contribution >= 0.6 is 0 Å². The largest absolute Gasteiger partial charge is 0.340 e. The second-order valence-corrected chi connectivity index (χ2v) is 6.15. The highest BCUT2D eigenvalue weighted by atomic mass is 15.1. The molecule has 2 aromatic heterocycles. The molecule has 2 aromatic carbocycles. The number of anilines is 2. The van der Waals surface area contributed by atoms with E-state index in [-0.39, 0.29) is 0 Å². The van der Waals surface area contributed by atoms with Crippen LogP contribution in [-0.4, -0.2) is 20.2 Å². The summed E-state index contributed by atoms with van der Waals surface area (Å²) in [5.74, 6) is 1.50. The maximum absolute atomic E-state index is 4.74. The quantitative estimate of drug-likeness (QED) is 0.541. The number of hydrogen-bond acceptors (Lipinski definition) is 4. The first-order valence-corrected chi connectivity index (χ1v) is 8.50. The Morgan fingerprint density at radius 2 is 2.00 bits per heavy atom. The van der Waals surface area contributed by atoms with Gasteiger partial charge in [-0.05, 0) is 43.7 Å². The first-order chi connectivity index (χ1) is 12.7. The van der Waals surface area contributed by atoms with Gasteiger partial charge in [0.15, 0.2) is 5.82 Å². The monoisotopic (exact) mass is 341 g/mol. The summed E-state index contributed by atoms with van der Waals surface area (Å²) in [5.41, 5.74) is 5.10. The van der Waals surface area contributed by atoms with Crippen LogP contribution in [0.2, 0.25) is 0 Å². The van der Waals surface area contributed by atoms with E-state index >= 15 is 0 Å². The Bertz CT molecular complexity index is 1090. The van der Waals surface area contributed by atoms with E-state index in [1.165, 1.54) is 0 Å². The summed E-state index contributed by atoms with van der Waals surface area (Å²) < 4.78 is 0. The van der Waals surface area contributed by atoms with E-state index in [4.69, 9.17) is 4.98 Å². The maximum atomic E-state index is 4.74. The maximum Gasteiger partial charge on any atom is 0.161 e. The van der Waals surface area contributed by atoms with Gasteiger partial charge in [-0.3, -0.25) is 5.10 Å². The molecule has 0 unspecified atom stereocenters. The van der Waals surface area contributed by atoms with Gasteiger partial charge in [0.25, 0.3) is 0 Å². The summed E-state index contributed by atoms with van der Waals surface area (Å²) in [6.07, 6.45) is 7.75. The van der Waals surface area contributed by atoms with Crippen LogP contribution in [0.1, 0.15) is 18.1 Å². The van der Waals surface area contributed by atoms with Crippen LogP contribution < -0.4 is 5.32 Å². The summed E-state index contributed by atoms with van der Waals surface area (Å²) in [4.78, 5) is 9.24. The minimum atomic E-state index is 0.703. The van der Waals surface area contributed by atoms with Crippen molar-refractivity contribution in [3.63, 3.8) is 0 Å². The van der Waals surface area contributed by atoms with Crippen LogP contribution in [0, 0.1) is 6.92 Å². The van der Waals surface area contributed by atoms with Crippen molar-refractivity contribution in [2.45, 2.75) is 13.8 Å². The molecule has 0 aliphatic rings. The highest BCUT2D eigenvalue weighted by Gasteiger charge is 2.08. The molecule has 0 atom stereocenters. The molecule has 0 amide bonds. The molecular formula is C21H19N5. The molecule has 0 bridgehead atoms. The molecule has 4 aromatic rings. The van der Waals surface area contributed by atoms with E-state index in [2.05, 4.69) is 38.7 Å². The number of benzene rings is 2. The number of fused-ring (bicyclic) bond motifs is 1. The molecule has 128 valence electrons. The van der Waals surface area contributed by atoms with Crippen LogP contribution in [0.25, 0.3) is 28.4 Å². The fraction of sp³-hybridized carbons (Fsp3) is 0.0952. The van der Waals surface area contributed by atoms with E-state index in [0.29, 0.717) is 5.82 Å². The Balaban J connectivity index is 1.68. The van der Waals surface area contributed by atoms with E-state index in [9.17, 15) is 0 Å². The molecule has 0 aliphatic heterocycles. The smallest absolute Gasteiger partial charge is 0.161 e. The molecule has 0 radical (unpaired) electrons. The zero-order chi connectivity index (χ0) is 17.9. The number of aromatic nitrogens is 4. The fourth-order valence-electron chi connectivity index (χ4n) is 2.84. The van der Waals surface area contributed by atoms with Gasteiger partial charge in [0.2, 0.25) is 0 Å². The number of allylic oxidation sites excluding steroid dienone is 1. The summed E-state index contributed by atoms with van der Waals surface area (Å²) in [6, 6.07) is 14.3. The molecular weight excluding hydrogens is 322 g/mol. The van der Waals surface area contributed by atoms with Crippen molar-refractivity contribution < 1.29 is 0 Å². The van der Waals surface area contributed by atoms with Crippen molar-refractivity contribution in [1.82, 2.24) is 20.2 Å². The summed E-state index contributed by atoms with van der Waals surface area (Å²) in [5, 5.41) is 11.5. The van der Waals surface area contributed by atoms with E-state index < -0.39 is 0 Å². The van der Waals surface area contributed by atoms with Crippen LogP contribution in [0.5, 0.6) is 0 Å². The highest BCUT2D eigenvalue weighted by molar-refractivity contribution is 5.83. The lowest BCUT2D eigenvalue weighted by molar-refractivity contribution is 1.12. The fourth-order valence-corrected chi connectivity index (χ4v) is 2.84. The molecule has 5 nitrogen and oxygen atoms in total. The normalized spacial score (nSPS) is 11.3. The molecule has 26 heavy (non-hydrogen) atoms. The molecule has 5 heteroatoms. The number of aromatic amines is 1. The Kier molecular flexibility index (Phi) is 4.19. The molecule has 0 aliphatic carbocycles. The van der Waals surface area contributed by atoms with Crippen molar-refractivity contribution >= 4 is 28.5 Å². The second kappa shape index (κ2) is 6.80. The lowest BCUT2D eigenvalue weighted by Crippen LogP contribution is -2.00. The van der Waals surface area contributed by atoms with Crippen molar-refractivity contribution in [2.75, 3.05) is 5.32 Å². The van der Waals surface area contributed by atoms with Gasteiger partial charge >= 0.3 is 0 Å². The zero-order valence-electron chi connectivity index (χ0n) is 14.7. The Labute approximate surface area is 151 Å². The number of hydrogen-bond donors (Lipinski definition) is 2.